The second-order valence-electron chi connectivity index (χ2n) is 7.21. The summed E-state index contributed by atoms with van der Waals surface area (Å²) in [6.07, 6.45) is -2.54. The fourth-order valence-electron chi connectivity index (χ4n) is 3.53. The van der Waals surface area contributed by atoms with Crippen molar-refractivity contribution < 1.29 is 44.1 Å². The molecule has 1 aliphatic rings. The second-order valence-corrected chi connectivity index (χ2v) is 7.21. The largest absolute Gasteiger partial charge is 0.481 e. The van der Waals surface area contributed by atoms with Crippen molar-refractivity contribution in [2.24, 2.45) is 10.4 Å². The number of hydrazine groups is 1. The van der Waals surface area contributed by atoms with Gasteiger partial charge < -0.3 is 20.3 Å². The highest BCUT2D eigenvalue weighted by Gasteiger charge is 2.59. The van der Waals surface area contributed by atoms with E-state index in [0.29, 0.717) is 22.9 Å². The van der Waals surface area contributed by atoms with Crippen molar-refractivity contribution in [3.05, 3.63) is 0 Å². The maximum Gasteiger partial charge on any atom is 0.426 e. The highest BCUT2D eigenvalue weighted by atomic mass is 16.4. The number of aliphatic carboxylic acids is 2. The number of carboxylic acid groups (broad SMARTS) is 3. The van der Waals surface area contributed by atoms with Crippen LogP contribution >= 0.6 is 0 Å². The van der Waals surface area contributed by atoms with Crippen LogP contribution < -0.4 is 0 Å². The predicted molar refractivity (Wildman–Crippen MR) is 109 cm³/mol. The number of carboxylic acids is 2. The molecule has 0 spiro atoms. The summed E-state index contributed by atoms with van der Waals surface area (Å²) in [6, 6.07) is -3.33. The first-order valence-electron chi connectivity index (χ1n) is 10.1. The highest BCUT2D eigenvalue weighted by molar-refractivity contribution is 6.20. The van der Waals surface area contributed by atoms with Crippen LogP contribution in [0.25, 0.3) is 0 Å². The number of unbranched alkanes of at least 4 members (excludes halogenated alkanes) is 1. The SMILES string of the molecule is C=NCCCCN(C(=O)O)N1C(=O)N([C@@H](CCC(=O)O)C(=O)O)C(=O)C(CC)(CC)C1=O. The van der Waals surface area contributed by atoms with E-state index in [1.807, 2.05) is 0 Å². The van der Waals surface area contributed by atoms with Gasteiger partial charge in [-0.3, -0.25) is 14.4 Å². The lowest BCUT2D eigenvalue weighted by atomic mass is 9.77. The normalized spacial score (nSPS) is 16.6. The number of rotatable bonds is 13. The zero-order valence-electron chi connectivity index (χ0n) is 18.0. The van der Waals surface area contributed by atoms with Gasteiger partial charge in [0.2, 0.25) is 5.91 Å². The lowest BCUT2D eigenvalue weighted by Crippen LogP contribution is -2.71. The molecule has 0 radical (unpaired) electrons. The second kappa shape index (κ2) is 11.2. The van der Waals surface area contributed by atoms with Crippen LogP contribution in [0.5, 0.6) is 0 Å². The molecule has 3 N–H and O–H groups in total. The number of urea groups is 1. The molecule has 0 aromatic carbocycles. The Balaban J connectivity index is 3.53. The highest BCUT2D eigenvalue weighted by Crippen LogP contribution is 2.38. The van der Waals surface area contributed by atoms with Gasteiger partial charge in [0.1, 0.15) is 11.5 Å². The molecule has 0 bridgehead atoms. The number of nitrogens with zero attached hydrogens (tertiary/aromatic N) is 4. The van der Waals surface area contributed by atoms with E-state index >= 15 is 0 Å². The molecule has 0 aromatic rings. The number of hydrogen-bond donors (Lipinski definition) is 3. The third-order valence-corrected chi connectivity index (χ3v) is 5.45. The minimum Gasteiger partial charge on any atom is -0.481 e. The molecule has 13 nitrogen and oxygen atoms in total. The molecule has 0 aliphatic carbocycles. The van der Waals surface area contributed by atoms with E-state index in [4.69, 9.17) is 5.11 Å². The molecule has 0 aromatic heterocycles. The molecule has 0 unspecified atom stereocenters. The van der Waals surface area contributed by atoms with Crippen LogP contribution in [0.1, 0.15) is 52.4 Å². The summed E-state index contributed by atoms with van der Waals surface area (Å²) in [6.45, 7) is 6.31. The van der Waals surface area contributed by atoms with Gasteiger partial charge in [-0.2, -0.15) is 5.01 Å². The Kier molecular flexibility index (Phi) is 9.29. The smallest absolute Gasteiger partial charge is 0.426 e. The number of carbonyl (C=O) groups is 6. The van der Waals surface area contributed by atoms with Gasteiger partial charge in [-0.05, 0) is 38.8 Å². The Hall–Kier alpha value is -3.51. The first-order chi connectivity index (χ1) is 15.0. The van der Waals surface area contributed by atoms with Crippen LogP contribution in [0.15, 0.2) is 4.99 Å². The Morgan fingerprint density at radius 2 is 1.66 bits per heavy atom. The lowest BCUT2D eigenvalue weighted by molar-refractivity contribution is -0.174. The Bertz CT molecular complexity index is 794. The van der Waals surface area contributed by atoms with Crippen LogP contribution in [0.3, 0.4) is 0 Å². The molecule has 13 heteroatoms. The van der Waals surface area contributed by atoms with Crippen molar-refractivity contribution in [1.82, 2.24) is 14.9 Å². The summed E-state index contributed by atoms with van der Waals surface area (Å²) in [4.78, 5) is 78.3. The fraction of sp³-hybridized carbons (Fsp3) is 0.632. The maximum absolute atomic E-state index is 13.3. The molecule has 1 atom stereocenters. The molecule has 1 saturated heterocycles. The fourth-order valence-corrected chi connectivity index (χ4v) is 3.53. The molecule has 0 saturated carbocycles. The first-order valence-corrected chi connectivity index (χ1v) is 10.1. The van der Waals surface area contributed by atoms with Gasteiger partial charge in [-0.1, -0.05) is 13.8 Å². The van der Waals surface area contributed by atoms with Crippen molar-refractivity contribution in [2.45, 2.75) is 58.4 Å². The molecular weight excluding hydrogens is 428 g/mol. The predicted octanol–water partition coefficient (Wildman–Crippen LogP) is 1.28. The zero-order valence-corrected chi connectivity index (χ0v) is 18.0. The van der Waals surface area contributed by atoms with Gasteiger partial charge in [-0.25, -0.2) is 24.3 Å². The number of aliphatic imine (C=N–C) groups is 1. The van der Waals surface area contributed by atoms with Gasteiger partial charge in [0, 0.05) is 19.5 Å². The van der Waals surface area contributed by atoms with Crippen LogP contribution in [-0.2, 0) is 19.2 Å². The van der Waals surface area contributed by atoms with Gasteiger partial charge in [-0.15, -0.1) is 0 Å². The third kappa shape index (κ3) is 5.21. The standard InChI is InChI=1S/C19H28N4O9/c1-4-19(5-2)15(28)22(12(14(26)27)8-9-13(24)25)17(30)23(16(19)29)21(18(31)32)11-7-6-10-20-3/h12H,3-11H2,1-2H3,(H,24,25)(H,26,27)(H,31,32)/t12-/m0/s1. The molecule has 1 heterocycles. The van der Waals surface area contributed by atoms with E-state index in [2.05, 4.69) is 11.7 Å². The van der Waals surface area contributed by atoms with Crippen molar-refractivity contribution >= 4 is 42.6 Å². The number of imide groups is 2. The van der Waals surface area contributed by atoms with Crippen LogP contribution in [0.4, 0.5) is 9.59 Å². The van der Waals surface area contributed by atoms with Gasteiger partial charge in [0.05, 0.1) is 0 Å². The average Bonchev–Trinajstić information content (AvgIpc) is 2.72. The number of barbiturate groups is 1. The minimum absolute atomic E-state index is 0.124. The summed E-state index contributed by atoms with van der Waals surface area (Å²) in [5, 5.41) is 28.9. The molecule has 178 valence electrons. The summed E-state index contributed by atoms with van der Waals surface area (Å²) in [7, 11) is 0. The number of carbonyl (C=O) groups excluding carboxylic acids is 3. The van der Waals surface area contributed by atoms with Crippen molar-refractivity contribution in [3.63, 3.8) is 0 Å². The van der Waals surface area contributed by atoms with E-state index in [-0.39, 0.29) is 30.8 Å². The third-order valence-electron chi connectivity index (χ3n) is 5.45. The molecule has 1 aliphatic heterocycles. The Morgan fingerprint density at radius 1 is 1.06 bits per heavy atom. The molecule has 32 heavy (non-hydrogen) atoms. The summed E-state index contributed by atoms with van der Waals surface area (Å²) in [5.74, 6) is -5.16. The van der Waals surface area contributed by atoms with E-state index < -0.39 is 60.2 Å². The zero-order chi connectivity index (χ0) is 24.6. The van der Waals surface area contributed by atoms with Crippen LogP contribution in [-0.4, -0.2) is 92.0 Å². The number of amides is 5. The lowest BCUT2D eigenvalue weighted by Gasteiger charge is -2.47. The average molecular weight is 456 g/mol. The summed E-state index contributed by atoms with van der Waals surface area (Å²) >= 11 is 0. The molecule has 1 fully saturated rings. The van der Waals surface area contributed by atoms with Gasteiger partial charge >= 0.3 is 24.1 Å². The first kappa shape index (κ1) is 26.5. The van der Waals surface area contributed by atoms with Gasteiger partial charge in [0.15, 0.2) is 0 Å². The van der Waals surface area contributed by atoms with Crippen molar-refractivity contribution in [2.75, 3.05) is 13.1 Å². The van der Waals surface area contributed by atoms with Crippen molar-refractivity contribution in [1.29, 1.82) is 0 Å². The molecule has 1 rings (SSSR count). The van der Waals surface area contributed by atoms with Crippen molar-refractivity contribution in [3.8, 4) is 0 Å². The Morgan fingerprint density at radius 3 is 2.09 bits per heavy atom. The van der Waals surface area contributed by atoms with E-state index in [1.54, 1.807) is 0 Å². The summed E-state index contributed by atoms with van der Waals surface area (Å²) in [5.41, 5.74) is -1.87. The minimum atomic E-state index is -1.89. The van der Waals surface area contributed by atoms with E-state index in [1.165, 1.54) is 13.8 Å². The molecular formula is C19H28N4O9. The monoisotopic (exact) mass is 456 g/mol. The van der Waals surface area contributed by atoms with Gasteiger partial charge in [0.25, 0.3) is 5.91 Å². The Labute approximate surface area is 184 Å². The summed E-state index contributed by atoms with van der Waals surface area (Å²) < 4.78 is 0. The quantitative estimate of drug-likeness (QED) is 0.208. The molecule has 5 amide bonds. The number of hydrogen-bond acceptors (Lipinski definition) is 7. The van der Waals surface area contributed by atoms with E-state index in [0.717, 1.165) is 0 Å². The topological polar surface area (TPSA) is 185 Å². The maximum atomic E-state index is 13.3. The van der Waals surface area contributed by atoms with E-state index in [9.17, 15) is 39.0 Å². The van der Waals surface area contributed by atoms with Crippen LogP contribution in [0, 0.1) is 5.41 Å². The van der Waals surface area contributed by atoms with Crippen LogP contribution in [0.2, 0.25) is 0 Å².